The van der Waals surface area contributed by atoms with Crippen LogP contribution in [0.5, 0.6) is 5.75 Å². The van der Waals surface area contributed by atoms with Crippen LogP contribution in [-0.2, 0) is 10.4 Å². The van der Waals surface area contributed by atoms with E-state index >= 15 is 0 Å². The molecule has 5 heteroatoms. The molecule has 3 rings (SSSR count). The van der Waals surface area contributed by atoms with Gasteiger partial charge < -0.3 is 15.2 Å². The maximum atomic E-state index is 12.3. The van der Waals surface area contributed by atoms with Gasteiger partial charge in [-0.25, -0.2) is 0 Å². The van der Waals surface area contributed by atoms with Gasteiger partial charge in [0.1, 0.15) is 5.75 Å². The van der Waals surface area contributed by atoms with Crippen molar-refractivity contribution in [3.63, 3.8) is 0 Å². The van der Waals surface area contributed by atoms with E-state index in [9.17, 15) is 9.90 Å². The number of anilines is 1. The van der Waals surface area contributed by atoms with Crippen LogP contribution in [0.4, 0.5) is 5.69 Å². The van der Waals surface area contributed by atoms with Crippen LogP contribution in [0.1, 0.15) is 18.1 Å². The summed E-state index contributed by atoms with van der Waals surface area (Å²) in [6, 6.07) is 11.9. The first-order valence-electron chi connectivity index (χ1n) is 6.63. The van der Waals surface area contributed by atoms with E-state index in [0.717, 1.165) is 0 Å². The van der Waals surface area contributed by atoms with Crippen LogP contribution in [0.2, 0.25) is 5.02 Å². The SMILES string of the molecule is CCOc1ccc2c(c1)C(O)(c1ccccc1Cl)C(=O)N2. The molecule has 0 radical (unpaired) electrons. The Morgan fingerprint density at radius 1 is 1.24 bits per heavy atom. The Hall–Kier alpha value is -2.04. The number of carbonyl (C=O) groups excluding carboxylic acids is 1. The summed E-state index contributed by atoms with van der Waals surface area (Å²) in [7, 11) is 0. The molecule has 0 bridgehead atoms. The number of rotatable bonds is 3. The van der Waals surface area contributed by atoms with Gasteiger partial charge in [-0.05, 0) is 31.2 Å². The van der Waals surface area contributed by atoms with Crippen LogP contribution in [0.3, 0.4) is 0 Å². The first-order chi connectivity index (χ1) is 10.1. The first-order valence-corrected chi connectivity index (χ1v) is 7.01. The Morgan fingerprint density at radius 2 is 2.00 bits per heavy atom. The average Bonchev–Trinajstić information content (AvgIpc) is 2.73. The summed E-state index contributed by atoms with van der Waals surface area (Å²) in [5.41, 5.74) is -0.435. The van der Waals surface area contributed by atoms with Crippen LogP contribution in [0, 0.1) is 0 Å². The van der Waals surface area contributed by atoms with Gasteiger partial charge in [0.25, 0.3) is 5.91 Å². The molecule has 1 aliphatic rings. The third-order valence-electron chi connectivity index (χ3n) is 3.53. The molecule has 1 heterocycles. The van der Waals surface area contributed by atoms with E-state index in [4.69, 9.17) is 16.3 Å². The molecule has 0 saturated heterocycles. The second-order valence-corrected chi connectivity index (χ2v) is 5.19. The van der Waals surface area contributed by atoms with Gasteiger partial charge in [0.15, 0.2) is 5.60 Å². The number of amides is 1. The molecule has 4 nitrogen and oxygen atoms in total. The number of benzene rings is 2. The molecule has 1 unspecified atom stereocenters. The Kier molecular flexibility index (Phi) is 3.35. The second kappa shape index (κ2) is 5.06. The zero-order chi connectivity index (χ0) is 15.0. The Morgan fingerprint density at radius 3 is 2.71 bits per heavy atom. The zero-order valence-corrected chi connectivity index (χ0v) is 12.1. The lowest BCUT2D eigenvalue weighted by atomic mass is 9.87. The van der Waals surface area contributed by atoms with Crippen LogP contribution in [0.25, 0.3) is 0 Å². The van der Waals surface area contributed by atoms with Crippen molar-refractivity contribution >= 4 is 23.2 Å². The highest BCUT2D eigenvalue weighted by Crippen LogP contribution is 2.44. The summed E-state index contributed by atoms with van der Waals surface area (Å²) in [6.07, 6.45) is 0. The minimum absolute atomic E-state index is 0.338. The molecule has 1 amide bonds. The molecule has 0 aliphatic carbocycles. The Bertz CT molecular complexity index is 716. The molecular formula is C16H14ClNO3. The highest BCUT2D eigenvalue weighted by molar-refractivity contribution is 6.32. The molecule has 21 heavy (non-hydrogen) atoms. The topological polar surface area (TPSA) is 58.6 Å². The highest BCUT2D eigenvalue weighted by atomic mass is 35.5. The van der Waals surface area contributed by atoms with Crippen molar-refractivity contribution < 1.29 is 14.6 Å². The van der Waals surface area contributed by atoms with Crippen molar-refractivity contribution in [3.8, 4) is 5.75 Å². The molecule has 2 aromatic carbocycles. The van der Waals surface area contributed by atoms with Gasteiger partial charge in [-0.15, -0.1) is 0 Å². The normalized spacial score (nSPS) is 20.0. The predicted octanol–water partition coefficient (Wildman–Crippen LogP) is 2.93. The second-order valence-electron chi connectivity index (χ2n) is 4.78. The minimum Gasteiger partial charge on any atom is -0.494 e. The number of carbonyl (C=O) groups is 1. The summed E-state index contributed by atoms with van der Waals surface area (Å²) < 4.78 is 5.44. The quantitative estimate of drug-likeness (QED) is 0.916. The fourth-order valence-electron chi connectivity index (χ4n) is 2.55. The van der Waals surface area contributed by atoms with Crippen LogP contribution < -0.4 is 10.1 Å². The van der Waals surface area contributed by atoms with Crippen LogP contribution in [0.15, 0.2) is 42.5 Å². The van der Waals surface area contributed by atoms with E-state index in [-0.39, 0.29) is 0 Å². The third-order valence-corrected chi connectivity index (χ3v) is 3.86. The van der Waals surface area contributed by atoms with Gasteiger partial charge >= 0.3 is 0 Å². The maximum absolute atomic E-state index is 12.3. The summed E-state index contributed by atoms with van der Waals surface area (Å²) in [4.78, 5) is 12.3. The fourth-order valence-corrected chi connectivity index (χ4v) is 2.82. The number of hydrogen-bond donors (Lipinski definition) is 2. The number of halogens is 1. The Labute approximate surface area is 127 Å². The lowest BCUT2D eigenvalue weighted by Gasteiger charge is -2.22. The average molecular weight is 304 g/mol. The monoisotopic (exact) mass is 303 g/mol. The Balaban J connectivity index is 2.19. The van der Waals surface area contributed by atoms with E-state index in [1.165, 1.54) is 0 Å². The number of ether oxygens (including phenoxy) is 1. The molecule has 0 spiro atoms. The number of aliphatic hydroxyl groups is 1. The number of fused-ring (bicyclic) bond motifs is 1. The highest BCUT2D eigenvalue weighted by Gasteiger charge is 2.48. The molecular weight excluding hydrogens is 290 g/mol. The van der Waals surface area contributed by atoms with E-state index in [1.807, 2.05) is 6.92 Å². The summed E-state index contributed by atoms with van der Waals surface area (Å²) in [5.74, 6) is 0.0810. The smallest absolute Gasteiger partial charge is 0.265 e. The lowest BCUT2D eigenvalue weighted by Crippen LogP contribution is -2.35. The molecule has 2 aromatic rings. The largest absolute Gasteiger partial charge is 0.494 e. The van der Waals surface area contributed by atoms with E-state index in [2.05, 4.69) is 5.32 Å². The standard InChI is InChI=1S/C16H14ClNO3/c1-2-21-10-7-8-14-12(9-10)16(20,15(19)18-14)11-5-3-4-6-13(11)17/h3-9,20H,2H2,1H3,(H,18,19). The predicted molar refractivity (Wildman–Crippen MR) is 80.7 cm³/mol. The van der Waals surface area contributed by atoms with Gasteiger partial charge in [-0.1, -0.05) is 29.8 Å². The van der Waals surface area contributed by atoms with Gasteiger partial charge in [-0.2, -0.15) is 0 Å². The van der Waals surface area contributed by atoms with Crippen molar-refractivity contribution in [2.24, 2.45) is 0 Å². The van der Waals surface area contributed by atoms with Crippen LogP contribution in [-0.4, -0.2) is 17.6 Å². The molecule has 2 N–H and O–H groups in total. The molecule has 1 atom stereocenters. The van der Waals surface area contributed by atoms with Crippen LogP contribution >= 0.6 is 11.6 Å². The molecule has 0 fully saturated rings. The maximum Gasteiger partial charge on any atom is 0.265 e. The van der Waals surface area contributed by atoms with E-state index in [1.54, 1.807) is 42.5 Å². The molecule has 1 aliphatic heterocycles. The molecule has 0 aromatic heterocycles. The van der Waals surface area contributed by atoms with E-state index in [0.29, 0.717) is 34.2 Å². The van der Waals surface area contributed by atoms with Gasteiger partial charge in [-0.3, -0.25) is 4.79 Å². The molecule has 0 saturated carbocycles. The number of nitrogens with one attached hydrogen (secondary N) is 1. The van der Waals surface area contributed by atoms with Crippen molar-refractivity contribution in [1.29, 1.82) is 0 Å². The van der Waals surface area contributed by atoms with Gasteiger partial charge in [0, 0.05) is 21.8 Å². The zero-order valence-electron chi connectivity index (χ0n) is 11.4. The summed E-state index contributed by atoms with van der Waals surface area (Å²) in [5, 5.41) is 14.0. The summed E-state index contributed by atoms with van der Waals surface area (Å²) >= 11 is 6.16. The van der Waals surface area contributed by atoms with Crippen molar-refractivity contribution in [3.05, 3.63) is 58.6 Å². The van der Waals surface area contributed by atoms with Crippen molar-refractivity contribution in [2.45, 2.75) is 12.5 Å². The minimum atomic E-state index is -1.80. The van der Waals surface area contributed by atoms with Crippen molar-refractivity contribution in [2.75, 3.05) is 11.9 Å². The summed E-state index contributed by atoms with van der Waals surface area (Å²) in [6.45, 7) is 2.38. The van der Waals surface area contributed by atoms with Gasteiger partial charge in [0.2, 0.25) is 0 Å². The van der Waals surface area contributed by atoms with Gasteiger partial charge in [0.05, 0.1) is 6.61 Å². The molecule has 108 valence electrons. The fraction of sp³-hybridized carbons (Fsp3) is 0.188. The lowest BCUT2D eigenvalue weighted by molar-refractivity contribution is -0.129. The van der Waals surface area contributed by atoms with E-state index < -0.39 is 11.5 Å². The van der Waals surface area contributed by atoms with Crippen molar-refractivity contribution in [1.82, 2.24) is 0 Å². The third kappa shape index (κ3) is 2.07. The number of hydrogen-bond acceptors (Lipinski definition) is 3. The first kappa shape index (κ1) is 13.9.